The zero-order valence-electron chi connectivity index (χ0n) is 13.2. The molecule has 0 atom stereocenters. The molecule has 1 fully saturated rings. The van der Waals surface area contributed by atoms with E-state index in [9.17, 15) is 4.79 Å². The number of nitrogens with two attached hydrogens (primary N) is 1. The third-order valence-electron chi connectivity index (χ3n) is 3.39. The van der Waals surface area contributed by atoms with E-state index in [1.54, 1.807) is 11.1 Å². The number of pyridine rings is 1. The summed E-state index contributed by atoms with van der Waals surface area (Å²) in [5.74, 6) is 0.863. The van der Waals surface area contributed by atoms with Gasteiger partial charge in [0.15, 0.2) is 0 Å². The van der Waals surface area contributed by atoms with Crippen LogP contribution in [0.25, 0.3) is 0 Å². The minimum Gasteiger partial charge on any atom is -0.444 e. The zero-order chi connectivity index (χ0) is 15.6. The summed E-state index contributed by atoms with van der Waals surface area (Å²) in [6, 6.07) is 1.89. The number of carbonyl (C=O) groups excluding carboxylic acids is 1. The number of hydrogen-bond acceptors (Lipinski definition) is 5. The van der Waals surface area contributed by atoms with Crippen molar-refractivity contribution in [3.63, 3.8) is 0 Å². The number of carbonyl (C=O) groups is 1. The highest BCUT2D eigenvalue weighted by molar-refractivity contribution is 5.68. The van der Waals surface area contributed by atoms with E-state index in [0.717, 1.165) is 30.2 Å². The van der Waals surface area contributed by atoms with Gasteiger partial charge in [-0.1, -0.05) is 0 Å². The fraction of sp³-hybridized carbons (Fsp3) is 0.600. The van der Waals surface area contributed by atoms with Crippen LogP contribution in [-0.2, 0) is 4.74 Å². The first-order chi connectivity index (χ1) is 9.76. The lowest BCUT2D eigenvalue weighted by atomic mass is 10.2. The summed E-state index contributed by atoms with van der Waals surface area (Å²) in [6.45, 7) is 10.3. The van der Waals surface area contributed by atoms with Gasteiger partial charge in [0.1, 0.15) is 11.4 Å². The summed E-state index contributed by atoms with van der Waals surface area (Å²) in [5, 5.41) is 0. The van der Waals surface area contributed by atoms with E-state index in [0.29, 0.717) is 13.1 Å². The second-order valence-electron chi connectivity index (χ2n) is 6.35. The Kier molecular flexibility index (Phi) is 4.25. The lowest BCUT2D eigenvalue weighted by molar-refractivity contribution is 0.0240. The van der Waals surface area contributed by atoms with Crippen LogP contribution in [0.2, 0.25) is 0 Å². The fourth-order valence-electron chi connectivity index (χ4n) is 2.15. The van der Waals surface area contributed by atoms with Gasteiger partial charge in [-0.15, -0.1) is 0 Å². The molecule has 1 aliphatic rings. The maximum Gasteiger partial charge on any atom is 0.410 e. The molecule has 1 amide bonds. The molecule has 0 radical (unpaired) electrons. The van der Waals surface area contributed by atoms with Crippen LogP contribution >= 0.6 is 0 Å². The SMILES string of the molecule is Cc1cnc(N2CCN(C(=O)OC(C)(C)C)CC2)cc1N. The molecule has 0 spiro atoms. The van der Waals surface area contributed by atoms with Gasteiger partial charge in [-0.25, -0.2) is 9.78 Å². The quantitative estimate of drug-likeness (QED) is 0.857. The largest absolute Gasteiger partial charge is 0.444 e. The number of nitrogen functional groups attached to an aromatic ring is 1. The molecule has 2 rings (SSSR count). The number of amides is 1. The Morgan fingerprint density at radius 3 is 2.43 bits per heavy atom. The van der Waals surface area contributed by atoms with Crippen molar-refractivity contribution in [2.75, 3.05) is 36.8 Å². The van der Waals surface area contributed by atoms with Crippen molar-refractivity contribution in [1.29, 1.82) is 0 Å². The molecule has 1 aromatic rings. The molecule has 1 saturated heterocycles. The minimum absolute atomic E-state index is 0.251. The first kappa shape index (κ1) is 15.4. The number of aromatic nitrogens is 1. The summed E-state index contributed by atoms with van der Waals surface area (Å²) in [7, 11) is 0. The Morgan fingerprint density at radius 1 is 1.29 bits per heavy atom. The maximum atomic E-state index is 12.0. The number of ether oxygens (including phenoxy) is 1. The maximum absolute atomic E-state index is 12.0. The monoisotopic (exact) mass is 292 g/mol. The van der Waals surface area contributed by atoms with E-state index in [1.807, 2.05) is 33.8 Å². The molecule has 21 heavy (non-hydrogen) atoms. The third kappa shape index (κ3) is 4.00. The third-order valence-corrected chi connectivity index (χ3v) is 3.39. The number of rotatable bonds is 1. The lowest BCUT2D eigenvalue weighted by Gasteiger charge is -2.36. The molecule has 2 heterocycles. The summed E-state index contributed by atoms with van der Waals surface area (Å²) < 4.78 is 5.39. The highest BCUT2D eigenvalue weighted by atomic mass is 16.6. The lowest BCUT2D eigenvalue weighted by Crippen LogP contribution is -2.50. The van der Waals surface area contributed by atoms with E-state index in [2.05, 4.69) is 9.88 Å². The molecule has 6 heteroatoms. The van der Waals surface area contributed by atoms with Gasteiger partial charge in [0.25, 0.3) is 0 Å². The van der Waals surface area contributed by atoms with Gasteiger partial charge in [-0.3, -0.25) is 0 Å². The van der Waals surface area contributed by atoms with Crippen LogP contribution in [-0.4, -0.2) is 47.8 Å². The summed E-state index contributed by atoms with van der Waals surface area (Å²) in [4.78, 5) is 20.3. The van der Waals surface area contributed by atoms with E-state index in [1.165, 1.54) is 0 Å². The first-order valence-corrected chi connectivity index (χ1v) is 7.21. The van der Waals surface area contributed by atoms with Gasteiger partial charge >= 0.3 is 6.09 Å². The summed E-state index contributed by atoms with van der Waals surface area (Å²) in [6.07, 6.45) is 1.53. The minimum atomic E-state index is -0.457. The van der Waals surface area contributed by atoms with Gasteiger partial charge in [0.2, 0.25) is 0 Å². The van der Waals surface area contributed by atoms with E-state index < -0.39 is 5.60 Å². The second-order valence-corrected chi connectivity index (χ2v) is 6.35. The van der Waals surface area contributed by atoms with Gasteiger partial charge < -0.3 is 20.3 Å². The molecule has 0 aliphatic carbocycles. The molecule has 0 saturated carbocycles. The molecule has 0 bridgehead atoms. The number of anilines is 2. The fourth-order valence-corrected chi connectivity index (χ4v) is 2.15. The van der Waals surface area contributed by atoms with Gasteiger partial charge in [-0.2, -0.15) is 0 Å². The molecule has 0 aromatic carbocycles. The Balaban J connectivity index is 1.94. The highest BCUT2D eigenvalue weighted by Gasteiger charge is 2.26. The predicted octanol–water partition coefficient (Wildman–Crippen LogP) is 2.03. The Labute approximate surface area is 125 Å². The van der Waals surface area contributed by atoms with Crippen molar-refractivity contribution < 1.29 is 9.53 Å². The molecular formula is C15H24N4O2. The second kappa shape index (κ2) is 5.79. The van der Waals surface area contributed by atoms with Crippen LogP contribution in [0.15, 0.2) is 12.3 Å². The van der Waals surface area contributed by atoms with Crippen LogP contribution in [0, 0.1) is 6.92 Å². The highest BCUT2D eigenvalue weighted by Crippen LogP contribution is 2.19. The van der Waals surface area contributed by atoms with Crippen molar-refractivity contribution in [3.05, 3.63) is 17.8 Å². The number of piperazine rings is 1. The Hall–Kier alpha value is -1.98. The zero-order valence-corrected chi connectivity index (χ0v) is 13.2. The van der Waals surface area contributed by atoms with Gasteiger partial charge in [0, 0.05) is 44.1 Å². The molecule has 2 N–H and O–H groups in total. The molecular weight excluding hydrogens is 268 g/mol. The van der Waals surface area contributed by atoms with Crippen molar-refractivity contribution in [2.24, 2.45) is 0 Å². The average molecular weight is 292 g/mol. The van der Waals surface area contributed by atoms with E-state index >= 15 is 0 Å². The molecule has 1 aromatic heterocycles. The average Bonchev–Trinajstić information content (AvgIpc) is 2.40. The van der Waals surface area contributed by atoms with Crippen LogP contribution in [0.5, 0.6) is 0 Å². The topological polar surface area (TPSA) is 71.7 Å². The Bertz CT molecular complexity index is 517. The van der Waals surface area contributed by atoms with E-state index in [4.69, 9.17) is 10.5 Å². The number of nitrogens with zero attached hydrogens (tertiary/aromatic N) is 3. The van der Waals surface area contributed by atoms with Crippen molar-refractivity contribution in [3.8, 4) is 0 Å². The van der Waals surface area contributed by atoms with Gasteiger partial charge in [-0.05, 0) is 33.3 Å². The van der Waals surface area contributed by atoms with Crippen LogP contribution < -0.4 is 10.6 Å². The molecule has 0 unspecified atom stereocenters. The number of hydrogen-bond donors (Lipinski definition) is 1. The van der Waals surface area contributed by atoms with Crippen molar-refractivity contribution in [2.45, 2.75) is 33.3 Å². The van der Waals surface area contributed by atoms with Gasteiger partial charge in [0.05, 0.1) is 0 Å². The Morgan fingerprint density at radius 2 is 1.90 bits per heavy atom. The normalized spacial score (nSPS) is 16.0. The predicted molar refractivity (Wildman–Crippen MR) is 83.4 cm³/mol. The van der Waals surface area contributed by atoms with Crippen LogP contribution in [0.4, 0.5) is 16.3 Å². The molecule has 116 valence electrons. The van der Waals surface area contributed by atoms with Crippen LogP contribution in [0.3, 0.4) is 0 Å². The number of aryl methyl sites for hydroxylation is 1. The molecule has 1 aliphatic heterocycles. The van der Waals surface area contributed by atoms with Crippen molar-refractivity contribution >= 4 is 17.6 Å². The van der Waals surface area contributed by atoms with E-state index in [-0.39, 0.29) is 6.09 Å². The molecule has 6 nitrogen and oxygen atoms in total. The van der Waals surface area contributed by atoms with Crippen molar-refractivity contribution in [1.82, 2.24) is 9.88 Å². The first-order valence-electron chi connectivity index (χ1n) is 7.21. The standard InChI is InChI=1S/C15H24N4O2/c1-11-10-17-13(9-12(11)16)18-5-7-19(8-6-18)14(20)21-15(2,3)4/h9-10H,5-8H2,1-4H3,(H2,16,17). The summed E-state index contributed by atoms with van der Waals surface area (Å²) in [5.41, 5.74) is 7.19. The smallest absolute Gasteiger partial charge is 0.410 e. The summed E-state index contributed by atoms with van der Waals surface area (Å²) >= 11 is 0. The van der Waals surface area contributed by atoms with Crippen LogP contribution in [0.1, 0.15) is 26.3 Å².